The van der Waals surface area contributed by atoms with Crippen molar-refractivity contribution in [2.45, 2.75) is 0 Å². The lowest BCUT2D eigenvalue weighted by Gasteiger charge is -2.04. The van der Waals surface area contributed by atoms with Crippen LogP contribution >= 0.6 is 0 Å². The van der Waals surface area contributed by atoms with Gasteiger partial charge in [0.05, 0.1) is 0 Å². The Hall–Kier alpha value is -3.11. The van der Waals surface area contributed by atoms with Crippen LogP contribution in [-0.2, 0) is 0 Å². The van der Waals surface area contributed by atoms with Crippen LogP contribution < -0.4 is 17.7 Å². The van der Waals surface area contributed by atoms with Crippen molar-refractivity contribution in [1.82, 2.24) is 9.97 Å². The average molecular weight is 363 g/mol. The van der Waals surface area contributed by atoms with Gasteiger partial charge in [0.15, 0.2) is 11.2 Å². The minimum absolute atomic E-state index is 0. The lowest BCUT2D eigenvalue weighted by molar-refractivity contribution is -0.00000550. The molecule has 0 bridgehead atoms. The predicted octanol–water partition coefficient (Wildman–Crippen LogP) is 2.02. The van der Waals surface area contributed by atoms with E-state index >= 15 is 0 Å². The summed E-state index contributed by atoms with van der Waals surface area (Å²) in [6, 6.07) is 22.0. The van der Waals surface area contributed by atoms with Gasteiger partial charge in [-0.25, -0.2) is 4.98 Å². The summed E-state index contributed by atoms with van der Waals surface area (Å²) in [5.74, 6) is 0.581. The van der Waals surface area contributed by atoms with E-state index in [1.807, 2.05) is 54.6 Å². The maximum Gasteiger partial charge on any atom is 0.228 e. The van der Waals surface area contributed by atoms with Crippen molar-refractivity contribution in [3.63, 3.8) is 0 Å². The maximum absolute atomic E-state index is 5.78. The molecule has 0 spiro atoms. The second-order valence-corrected chi connectivity index (χ2v) is 5.62. The summed E-state index contributed by atoms with van der Waals surface area (Å²) >= 11 is 0. The number of aromatic nitrogens is 2. The zero-order chi connectivity index (χ0) is 16.9. The van der Waals surface area contributed by atoms with Gasteiger partial charge in [0, 0.05) is 24.0 Å². The molecule has 0 radical (unpaired) electrons. The molecule has 4 nitrogen and oxygen atoms in total. The number of pyridine rings is 1. The number of hydrogen-bond acceptors (Lipinski definition) is 4. The Balaban J connectivity index is 0.00000196. The molecule has 2 heterocycles. The number of nitrogens with one attached hydrogen (secondary N) is 1. The minimum Gasteiger partial charge on any atom is -1.00 e. The number of benzene rings is 2. The first-order chi connectivity index (χ1) is 12.4. The number of fused-ring (bicyclic) bond motifs is 1. The molecule has 2 aromatic carbocycles. The summed E-state index contributed by atoms with van der Waals surface area (Å²) in [6.45, 7) is 0.744. The molecule has 0 aliphatic rings. The third-order valence-electron chi connectivity index (χ3n) is 3.81. The van der Waals surface area contributed by atoms with Gasteiger partial charge in [-0.1, -0.05) is 48.6 Å². The first-order valence-electron chi connectivity index (χ1n) is 8.16. The Morgan fingerprint density at radius 3 is 2.69 bits per heavy atom. The molecule has 0 amide bonds. The van der Waals surface area contributed by atoms with Crippen molar-refractivity contribution >= 4 is 23.0 Å². The van der Waals surface area contributed by atoms with Crippen molar-refractivity contribution in [2.75, 3.05) is 11.9 Å². The van der Waals surface area contributed by atoms with Gasteiger partial charge in [0.25, 0.3) is 0 Å². The second kappa shape index (κ2) is 8.32. The van der Waals surface area contributed by atoms with E-state index in [1.165, 1.54) is 5.56 Å². The van der Waals surface area contributed by atoms with Gasteiger partial charge in [-0.15, -0.1) is 0 Å². The molecule has 1 N–H and O–H groups in total. The van der Waals surface area contributed by atoms with Crippen LogP contribution in [0.15, 0.2) is 83.4 Å². The van der Waals surface area contributed by atoms with Gasteiger partial charge < -0.3 is 22.1 Å². The molecule has 0 aliphatic heterocycles. The summed E-state index contributed by atoms with van der Waals surface area (Å²) in [7, 11) is 0. The Morgan fingerprint density at radius 2 is 1.85 bits per heavy atom. The Morgan fingerprint density at radius 1 is 0.962 bits per heavy atom. The zero-order valence-electron chi connectivity index (χ0n) is 14.0. The average Bonchev–Trinajstić information content (AvgIpc) is 3.11. The quantitative estimate of drug-likeness (QED) is 0.590. The van der Waals surface area contributed by atoms with Gasteiger partial charge in [-0.05, 0) is 35.9 Å². The largest absolute Gasteiger partial charge is 1.00 e. The van der Waals surface area contributed by atoms with Crippen molar-refractivity contribution in [1.29, 1.82) is 0 Å². The van der Waals surface area contributed by atoms with Crippen molar-refractivity contribution < 1.29 is 16.8 Å². The normalized spacial score (nSPS) is 10.8. The van der Waals surface area contributed by atoms with Crippen LogP contribution in [0.25, 0.3) is 28.8 Å². The molecular formula is C21H17ClN3O-. The lowest BCUT2D eigenvalue weighted by Crippen LogP contribution is -3.00. The molecule has 0 saturated carbocycles. The van der Waals surface area contributed by atoms with E-state index in [0.717, 1.165) is 17.8 Å². The van der Waals surface area contributed by atoms with Gasteiger partial charge in [0.2, 0.25) is 5.89 Å². The number of anilines is 1. The highest BCUT2D eigenvalue weighted by Crippen LogP contribution is 2.25. The molecule has 5 heteroatoms. The number of rotatable bonds is 5. The molecule has 26 heavy (non-hydrogen) atoms. The maximum atomic E-state index is 5.78. The highest BCUT2D eigenvalue weighted by molar-refractivity contribution is 5.73. The Labute approximate surface area is 158 Å². The van der Waals surface area contributed by atoms with Crippen LogP contribution in [-0.4, -0.2) is 16.5 Å². The second-order valence-electron chi connectivity index (χ2n) is 5.62. The molecule has 0 atom stereocenters. The highest BCUT2D eigenvalue weighted by atomic mass is 35.5. The Kier molecular flexibility index (Phi) is 5.66. The minimum atomic E-state index is 0. The van der Waals surface area contributed by atoms with E-state index in [-0.39, 0.29) is 12.4 Å². The first kappa shape index (κ1) is 17.7. The van der Waals surface area contributed by atoms with Crippen LogP contribution in [0.1, 0.15) is 5.56 Å². The highest BCUT2D eigenvalue weighted by Gasteiger charge is 2.08. The third-order valence-corrected chi connectivity index (χ3v) is 3.81. The molecule has 130 valence electrons. The molecule has 2 aromatic heterocycles. The number of halogens is 1. The zero-order valence-corrected chi connectivity index (χ0v) is 14.7. The predicted molar refractivity (Wildman–Crippen MR) is 101 cm³/mol. The molecule has 0 fully saturated rings. The summed E-state index contributed by atoms with van der Waals surface area (Å²) in [5.41, 5.74) is 4.46. The molecule has 4 rings (SSSR count). The van der Waals surface area contributed by atoms with Crippen LogP contribution in [0.2, 0.25) is 0 Å². The molecule has 4 aromatic rings. The van der Waals surface area contributed by atoms with Crippen LogP contribution in [0.5, 0.6) is 0 Å². The smallest absolute Gasteiger partial charge is 0.228 e. The molecule has 0 unspecified atom stereocenters. The van der Waals surface area contributed by atoms with E-state index in [0.29, 0.717) is 17.1 Å². The van der Waals surface area contributed by atoms with Crippen molar-refractivity contribution in [3.05, 3.63) is 84.6 Å². The van der Waals surface area contributed by atoms with Crippen molar-refractivity contribution in [2.24, 2.45) is 0 Å². The van der Waals surface area contributed by atoms with E-state index in [1.54, 1.807) is 6.20 Å². The van der Waals surface area contributed by atoms with E-state index in [4.69, 9.17) is 4.42 Å². The molecular weight excluding hydrogens is 346 g/mol. The summed E-state index contributed by atoms with van der Waals surface area (Å²) < 4.78 is 5.78. The fourth-order valence-corrected chi connectivity index (χ4v) is 2.59. The van der Waals surface area contributed by atoms with E-state index in [9.17, 15) is 0 Å². The summed E-state index contributed by atoms with van der Waals surface area (Å²) in [6.07, 6.45) is 5.92. The summed E-state index contributed by atoms with van der Waals surface area (Å²) in [4.78, 5) is 8.65. The SMILES string of the molecule is C(=C\c1ccccc1)/CNc1cccc(-c2nc3ncccc3o2)c1.[Cl-]. The topological polar surface area (TPSA) is 51.0 Å². The molecule has 0 saturated heterocycles. The van der Waals surface area contributed by atoms with Crippen LogP contribution in [0.3, 0.4) is 0 Å². The van der Waals surface area contributed by atoms with Crippen LogP contribution in [0.4, 0.5) is 5.69 Å². The van der Waals surface area contributed by atoms with Crippen molar-refractivity contribution in [3.8, 4) is 11.5 Å². The first-order valence-corrected chi connectivity index (χ1v) is 8.16. The van der Waals surface area contributed by atoms with Gasteiger partial charge in [-0.3, -0.25) is 0 Å². The van der Waals surface area contributed by atoms with Gasteiger partial charge in [0.1, 0.15) is 0 Å². The van der Waals surface area contributed by atoms with Gasteiger partial charge >= 0.3 is 0 Å². The standard InChI is InChI=1S/C21H17N3O.ClH/c1-2-7-16(8-3-1)9-5-13-22-18-11-4-10-17(15-18)21-24-20-19(25-21)12-6-14-23-20;/h1-12,14-15,22H,13H2;1H/p-1/b9-5+;. The van der Waals surface area contributed by atoms with E-state index in [2.05, 4.69) is 39.6 Å². The molecule has 0 aliphatic carbocycles. The number of hydrogen-bond donors (Lipinski definition) is 1. The van der Waals surface area contributed by atoms with E-state index < -0.39 is 0 Å². The monoisotopic (exact) mass is 362 g/mol. The fraction of sp³-hybridized carbons (Fsp3) is 0.0476. The Bertz CT molecular complexity index is 979. The third kappa shape index (κ3) is 4.10. The van der Waals surface area contributed by atoms with Crippen LogP contribution in [0, 0.1) is 0 Å². The number of nitrogens with zero attached hydrogens (tertiary/aromatic N) is 2. The van der Waals surface area contributed by atoms with Gasteiger partial charge in [-0.2, -0.15) is 4.98 Å². The summed E-state index contributed by atoms with van der Waals surface area (Å²) in [5, 5.41) is 3.39. The fourth-order valence-electron chi connectivity index (χ4n) is 2.59. The lowest BCUT2D eigenvalue weighted by atomic mass is 10.2. The number of oxazole rings is 1.